The fourth-order valence-electron chi connectivity index (χ4n) is 16.4. The molecule has 1 aromatic carbocycles. The zero-order valence-electron chi connectivity index (χ0n) is 68.5. The number of β-amino-alcohol motifs (C(OH)–C–C–N with tert-alkyl or cyclic N) is 2. The van der Waals surface area contributed by atoms with E-state index < -0.39 is 0 Å². The molecule has 0 amide bonds. The first kappa shape index (κ1) is 79.4. The van der Waals surface area contributed by atoms with E-state index >= 15 is 0 Å². The fourth-order valence-corrected chi connectivity index (χ4v) is 16.4. The molecule has 614 valence electrons. The third kappa shape index (κ3) is 17.2. The lowest BCUT2D eigenvalue weighted by molar-refractivity contribution is 0.189. The number of anilines is 3. The molecule has 0 radical (unpaired) electrons. The molecular formula is C89H97N25O6. The van der Waals surface area contributed by atoms with Crippen LogP contribution in [0.4, 0.5) is 17.1 Å². The number of rotatable bonds is 15. The van der Waals surface area contributed by atoms with Crippen LogP contribution in [-0.4, -0.2) is 247 Å². The highest BCUT2D eigenvalue weighted by Crippen LogP contribution is 2.29. The predicted octanol–water partition coefficient (Wildman–Crippen LogP) is 8.25. The summed E-state index contributed by atoms with van der Waals surface area (Å²) in [5.41, 5.74) is 19.4. The fraction of sp³-hybridized carbons (Fsp3) is 0.326. The van der Waals surface area contributed by atoms with Crippen LogP contribution < -0.4 is 36.9 Å². The lowest BCUT2D eigenvalue weighted by atomic mass is 10.0. The number of piperazine rings is 2. The third-order valence-corrected chi connectivity index (χ3v) is 23.0. The maximum Gasteiger partial charge on any atom is 0.258 e. The lowest BCUT2D eigenvalue weighted by Gasteiger charge is -2.36. The average molecular weight is 1610 g/mol. The Morgan fingerprint density at radius 2 is 0.892 bits per heavy atom. The number of nitrogens with zero attached hydrogens (tertiary/aromatic N) is 25. The van der Waals surface area contributed by atoms with Crippen LogP contribution in [0.3, 0.4) is 0 Å². The van der Waals surface area contributed by atoms with Crippen molar-refractivity contribution in [3.05, 3.63) is 254 Å². The van der Waals surface area contributed by atoms with Gasteiger partial charge in [0.1, 0.15) is 39.6 Å². The Labute approximate surface area is 690 Å². The minimum Gasteiger partial charge on any atom is -0.395 e. The highest BCUT2D eigenvalue weighted by Gasteiger charge is 2.25. The van der Waals surface area contributed by atoms with Crippen LogP contribution in [-0.2, 0) is 7.05 Å². The molecule has 0 atom stereocenters. The number of aryl methyl sites for hydroxylation is 4. The molecule has 15 aromatic heterocycles. The van der Waals surface area contributed by atoms with E-state index in [1.54, 1.807) is 57.2 Å². The number of benzene rings is 1. The Balaban J connectivity index is 0.000000114. The molecule has 31 heteroatoms. The first-order valence-corrected chi connectivity index (χ1v) is 41.0. The summed E-state index contributed by atoms with van der Waals surface area (Å²) in [5.74, 6) is 0. The Hall–Kier alpha value is -13.0. The number of aliphatic hydroxyl groups excluding tert-OH is 2. The molecule has 2 N–H and O–H groups in total. The lowest BCUT2D eigenvalue weighted by Crippen LogP contribution is -2.47. The molecule has 120 heavy (non-hydrogen) atoms. The van der Waals surface area contributed by atoms with Crippen LogP contribution >= 0.6 is 0 Å². The van der Waals surface area contributed by atoms with Crippen LogP contribution in [0.25, 0.3) is 101 Å². The van der Waals surface area contributed by atoms with Crippen molar-refractivity contribution < 1.29 is 10.2 Å². The monoisotopic (exact) mass is 1610 g/mol. The summed E-state index contributed by atoms with van der Waals surface area (Å²) in [4.78, 5) is 99.5. The minimum absolute atomic E-state index is 0.0663. The molecule has 0 saturated carbocycles. The van der Waals surface area contributed by atoms with Gasteiger partial charge < -0.3 is 34.2 Å². The van der Waals surface area contributed by atoms with Gasteiger partial charge in [0.15, 0.2) is 0 Å². The molecule has 16 aromatic rings. The van der Waals surface area contributed by atoms with Crippen LogP contribution in [0.1, 0.15) is 55.3 Å². The van der Waals surface area contributed by atoms with Gasteiger partial charge in [-0.2, -0.15) is 15.3 Å². The molecule has 3 saturated heterocycles. The van der Waals surface area contributed by atoms with Crippen molar-refractivity contribution in [1.82, 2.24) is 105 Å². The molecule has 0 bridgehead atoms. The number of aliphatic hydroxyl groups is 2. The Kier molecular flexibility index (Phi) is 22.8. The van der Waals surface area contributed by atoms with Gasteiger partial charge in [-0.1, -0.05) is 19.1 Å². The molecule has 3 fully saturated rings. The zero-order chi connectivity index (χ0) is 82.8. The molecule has 0 spiro atoms. The van der Waals surface area contributed by atoms with Crippen molar-refractivity contribution in [2.75, 3.05) is 140 Å². The summed E-state index contributed by atoms with van der Waals surface area (Å²) in [5, 5.41) is 32.6. The van der Waals surface area contributed by atoms with Crippen LogP contribution in [0.2, 0.25) is 0 Å². The summed E-state index contributed by atoms with van der Waals surface area (Å²) >= 11 is 0. The van der Waals surface area contributed by atoms with E-state index in [2.05, 4.69) is 114 Å². The normalized spacial score (nSPS) is 15.3. The molecule has 0 unspecified atom stereocenters. The van der Waals surface area contributed by atoms with Gasteiger partial charge in [-0.05, 0) is 163 Å². The third-order valence-electron chi connectivity index (χ3n) is 23.0. The average Bonchev–Trinajstić information content (AvgIpc) is 1.04. The molecule has 19 heterocycles. The molecule has 31 nitrogen and oxygen atoms in total. The summed E-state index contributed by atoms with van der Waals surface area (Å²) in [6.45, 7) is 22.2. The van der Waals surface area contributed by atoms with Crippen molar-refractivity contribution in [2.45, 2.75) is 59.4 Å². The van der Waals surface area contributed by atoms with Crippen LogP contribution in [0.15, 0.2) is 209 Å². The predicted molar refractivity (Wildman–Crippen MR) is 468 cm³/mol. The summed E-state index contributed by atoms with van der Waals surface area (Å²) < 4.78 is 13.8. The van der Waals surface area contributed by atoms with Gasteiger partial charge in [0.05, 0.1) is 118 Å². The Morgan fingerprint density at radius 1 is 0.425 bits per heavy atom. The molecule has 20 rings (SSSR count). The standard InChI is InChI=1S/C23H26N6O.C23H23N5O2.C22H25N7O.C21H23N7O2/c1-3-8-26-9-11-27(12-10-26)19-5-7-22-25-20(13-23(30)29(22)16-19)18-4-6-21-24-17(2)14-28(21)15-18;1-26-21-4-2-17(12-19(21)14-24-26)20-13-23(30)28-15-18(3-5-22(28)25-20)16-6-8-27(9-7-16)10-11-29;1-15-13-29-18(12-23-15)10-20(25-29)19-11-22(30)28-14-17(4-5-21(28)24-19)27-8-6-16(7-9-27)26(2)3;1-15-13-28-17(12-22-15)10-19(24-28)18-11-21(30)27-14-16(2-3-20(27)23-18)26-6-4-25(5-7-26)8-9-29/h4-7,13-16H,3,8-12H2,1-2H3;2-6,12-15,29H,7-11H2,1H3;4-5,10-14,16H,6-9H2,1-3H3;2-3,10-14,29H,4-9H2,1H3. The molecule has 4 aliphatic heterocycles. The van der Waals surface area contributed by atoms with E-state index in [-0.39, 0.29) is 35.5 Å². The Morgan fingerprint density at radius 3 is 1.41 bits per heavy atom. The van der Waals surface area contributed by atoms with Gasteiger partial charge in [0.25, 0.3) is 22.2 Å². The van der Waals surface area contributed by atoms with Crippen LogP contribution in [0.5, 0.6) is 0 Å². The van der Waals surface area contributed by atoms with E-state index in [1.807, 2.05) is 172 Å². The highest BCUT2D eigenvalue weighted by molar-refractivity contribution is 5.84. The maximum atomic E-state index is 12.9. The van der Waals surface area contributed by atoms with Crippen molar-refractivity contribution in [3.8, 4) is 45.3 Å². The second kappa shape index (κ2) is 34.5. The number of imidazole rings is 1. The topological polar surface area (TPSA) is 296 Å². The molecule has 0 aliphatic carbocycles. The van der Waals surface area contributed by atoms with E-state index in [4.69, 9.17) is 20.2 Å². The van der Waals surface area contributed by atoms with Gasteiger partial charge in [0.2, 0.25) is 0 Å². The quantitative estimate of drug-likeness (QED) is 0.0976. The SMILES string of the molecule is CCCN1CCN(c2ccc3nc(-c4ccc5nc(C)cn5c4)cc(=O)n3c2)CC1.Cc1cn2nc(-c3cc(=O)n4cc(N5CCC(N(C)C)CC5)ccc4n3)cc2cn1.Cc1cn2nc(-c3cc(=O)n4cc(N5CCN(CCO)CC5)ccc4n3)cc2cn1.Cn1ncc2cc(-c3cc(=O)n4cc(C5=CCN(CCO)CC5)ccc4n3)ccc21. The number of hydrogen-bond donors (Lipinski definition) is 2. The number of hydrogen-bond acceptors (Lipinski definition) is 23. The maximum absolute atomic E-state index is 12.9. The van der Waals surface area contributed by atoms with E-state index in [0.29, 0.717) is 75.9 Å². The Bertz CT molecular complexity index is 6650. The van der Waals surface area contributed by atoms with Gasteiger partial charge >= 0.3 is 0 Å². The first-order chi connectivity index (χ1) is 58.3. The number of pyridine rings is 5. The van der Waals surface area contributed by atoms with Crippen molar-refractivity contribution in [1.29, 1.82) is 0 Å². The van der Waals surface area contributed by atoms with E-state index in [0.717, 1.165) is 183 Å². The minimum atomic E-state index is -0.137. The number of fused-ring (bicyclic) bond motifs is 8. The second-order valence-electron chi connectivity index (χ2n) is 31.4. The number of aromatic nitrogens is 18. The summed E-state index contributed by atoms with van der Waals surface area (Å²) in [7, 11) is 6.19. The van der Waals surface area contributed by atoms with Crippen molar-refractivity contribution in [3.63, 3.8) is 0 Å². The second-order valence-corrected chi connectivity index (χ2v) is 31.4. The zero-order valence-corrected chi connectivity index (χ0v) is 68.5. The molecular weight excluding hydrogens is 1520 g/mol. The van der Waals surface area contributed by atoms with Gasteiger partial charge in [-0.15, -0.1) is 0 Å². The van der Waals surface area contributed by atoms with Crippen molar-refractivity contribution in [2.24, 2.45) is 7.05 Å². The number of piperidine rings is 1. The van der Waals surface area contributed by atoms with Crippen molar-refractivity contribution >= 4 is 72.8 Å². The van der Waals surface area contributed by atoms with E-state index in [1.165, 1.54) is 18.1 Å². The van der Waals surface area contributed by atoms with Gasteiger partial charge in [-0.3, -0.25) is 66.1 Å². The highest BCUT2D eigenvalue weighted by atomic mass is 16.3. The van der Waals surface area contributed by atoms with E-state index in [9.17, 15) is 19.2 Å². The summed E-state index contributed by atoms with van der Waals surface area (Å²) in [6, 6.07) is 36.4. The molecule has 4 aliphatic rings. The first-order valence-electron chi connectivity index (χ1n) is 41.0. The summed E-state index contributed by atoms with van der Waals surface area (Å²) in [6.07, 6.45) is 27.1. The van der Waals surface area contributed by atoms with Gasteiger partial charge in [-0.25, -0.2) is 34.0 Å². The van der Waals surface area contributed by atoms with Gasteiger partial charge in [0, 0.05) is 183 Å². The van der Waals surface area contributed by atoms with Crippen LogP contribution in [0, 0.1) is 20.8 Å². The smallest absolute Gasteiger partial charge is 0.258 e. The largest absolute Gasteiger partial charge is 0.395 e.